The first-order valence-electron chi connectivity index (χ1n) is 4.50. The Labute approximate surface area is 84.1 Å². The van der Waals surface area contributed by atoms with E-state index in [-0.39, 0.29) is 0 Å². The molecule has 78 valence electrons. The molecule has 1 aromatic rings. The van der Waals surface area contributed by atoms with Crippen molar-refractivity contribution in [3.63, 3.8) is 0 Å². The maximum absolute atomic E-state index is 5.26. The Morgan fingerprint density at radius 2 is 2.14 bits per heavy atom. The van der Waals surface area contributed by atoms with Crippen molar-refractivity contribution in [2.24, 2.45) is 0 Å². The van der Waals surface area contributed by atoms with E-state index in [1.54, 1.807) is 7.11 Å². The van der Waals surface area contributed by atoms with Crippen molar-refractivity contribution < 1.29 is 4.74 Å². The first-order valence-corrected chi connectivity index (χ1v) is 4.50. The van der Waals surface area contributed by atoms with Crippen LogP contribution in [0.15, 0.2) is 6.33 Å². The molecule has 0 amide bonds. The van der Waals surface area contributed by atoms with Crippen molar-refractivity contribution in [1.29, 1.82) is 0 Å². The van der Waals surface area contributed by atoms with Crippen LogP contribution in [0.25, 0.3) is 0 Å². The Balaban J connectivity index is 3.11. The number of aromatic nitrogens is 2. The highest BCUT2D eigenvalue weighted by molar-refractivity contribution is 5.64. The molecule has 0 unspecified atom stereocenters. The number of ether oxygens (including phenoxy) is 1. The highest BCUT2D eigenvalue weighted by atomic mass is 16.5. The molecule has 14 heavy (non-hydrogen) atoms. The minimum Gasteiger partial charge on any atom is -0.490 e. The minimum absolute atomic E-state index is 0.680. The van der Waals surface area contributed by atoms with Gasteiger partial charge in [-0.15, -0.1) is 0 Å². The Morgan fingerprint density at radius 3 is 2.64 bits per heavy atom. The SMILES string of the molecule is CCNc1ncnc(N(C)C)c1OC. The largest absolute Gasteiger partial charge is 0.490 e. The fraction of sp³-hybridized carbons (Fsp3) is 0.556. The second kappa shape index (κ2) is 4.64. The van der Waals surface area contributed by atoms with Gasteiger partial charge in [0.05, 0.1) is 7.11 Å². The van der Waals surface area contributed by atoms with Crippen molar-refractivity contribution in [2.45, 2.75) is 6.92 Å². The molecule has 1 N–H and O–H groups in total. The molecule has 0 saturated heterocycles. The lowest BCUT2D eigenvalue weighted by molar-refractivity contribution is 0.413. The third-order valence-electron chi connectivity index (χ3n) is 1.76. The Hall–Kier alpha value is -1.52. The van der Waals surface area contributed by atoms with Crippen LogP contribution in [-0.4, -0.2) is 37.7 Å². The number of nitrogens with zero attached hydrogens (tertiary/aromatic N) is 3. The molecule has 5 heteroatoms. The summed E-state index contributed by atoms with van der Waals surface area (Å²) in [6.07, 6.45) is 1.52. The summed E-state index contributed by atoms with van der Waals surface area (Å²) in [4.78, 5) is 10.1. The van der Waals surface area contributed by atoms with Gasteiger partial charge < -0.3 is 15.0 Å². The Kier molecular flexibility index (Phi) is 3.50. The third kappa shape index (κ3) is 2.04. The maximum atomic E-state index is 5.26. The number of nitrogens with one attached hydrogen (secondary N) is 1. The van der Waals surface area contributed by atoms with E-state index in [0.29, 0.717) is 5.75 Å². The number of methoxy groups -OCH3 is 1. The van der Waals surface area contributed by atoms with Crippen LogP contribution in [0.1, 0.15) is 6.92 Å². The van der Waals surface area contributed by atoms with Gasteiger partial charge in [-0.05, 0) is 6.92 Å². The smallest absolute Gasteiger partial charge is 0.204 e. The van der Waals surface area contributed by atoms with Gasteiger partial charge in [0.15, 0.2) is 11.6 Å². The fourth-order valence-corrected chi connectivity index (χ4v) is 1.16. The zero-order valence-electron chi connectivity index (χ0n) is 9.03. The number of rotatable bonds is 4. The fourth-order valence-electron chi connectivity index (χ4n) is 1.16. The summed E-state index contributed by atoms with van der Waals surface area (Å²) in [5.74, 6) is 2.19. The van der Waals surface area contributed by atoms with Crippen LogP contribution >= 0.6 is 0 Å². The molecular weight excluding hydrogens is 180 g/mol. The summed E-state index contributed by atoms with van der Waals surface area (Å²) in [7, 11) is 5.45. The van der Waals surface area contributed by atoms with E-state index >= 15 is 0 Å². The molecule has 0 radical (unpaired) electrons. The average Bonchev–Trinajstić information content (AvgIpc) is 2.18. The van der Waals surface area contributed by atoms with E-state index in [0.717, 1.165) is 18.2 Å². The van der Waals surface area contributed by atoms with Crippen LogP contribution in [-0.2, 0) is 0 Å². The number of hydrogen-bond donors (Lipinski definition) is 1. The summed E-state index contributed by atoms with van der Waals surface area (Å²) >= 11 is 0. The molecule has 0 aromatic carbocycles. The van der Waals surface area contributed by atoms with Gasteiger partial charge in [0.1, 0.15) is 6.33 Å². The molecule has 0 aliphatic carbocycles. The van der Waals surface area contributed by atoms with Crippen LogP contribution < -0.4 is 15.0 Å². The number of anilines is 2. The molecule has 0 aliphatic rings. The molecule has 1 rings (SSSR count). The highest BCUT2D eigenvalue weighted by Crippen LogP contribution is 2.30. The molecule has 0 fully saturated rings. The van der Waals surface area contributed by atoms with E-state index in [2.05, 4.69) is 15.3 Å². The lowest BCUT2D eigenvalue weighted by Gasteiger charge is -2.17. The third-order valence-corrected chi connectivity index (χ3v) is 1.76. The van der Waals surface area contributed by atoms with Crippen molar-refractivity contribution >= 4 is 11.6 Å². The normalized spacial score (nSPS) is 9.71. The van der Waals surface area contributed by atoms with Crippen LogP contribution in [0.3, 0.4) is 0 Å². The minimum atomic E-state index is 0.680. The topological polar surface area (TPSA) is 50.3 Å². The molecule has 0 bridgehead atoms. The predicted octanol–water partition coefficient (Wildman–Crippen LogP) is 0.983. The summed E-state index contributed by atoms with van der Waals surface area (Å²) in [6.45, 7) is 2.82. The summed E-state index contributed by atoms with van der Waals surface area (Å²) in [5.41, 5.74) is 0. The van der Waals surface area contributed by atoms with Gasteiger partial charge in [0, 0.05) is 20.6 Å². The van der Waals surface area contributed by atoms with Gasteiger partial charge in [-0.2, -0.15) is 0 Å². The van der Waals surface area contributed by atoms with E-state index in [1.807, 2.05) is 25.9 Å². The van der Waals surface area contributed by atoms with E-state index in [9.17, 15) is 0 Å². The molecule has 5 nitrogen and oxygen atoms in total. The maximum Gasteiger partial charge on any atom is 0.204 e. The summed E-state index contributed by atoms with van der Waals surface area (Å²) in [6, 6.07) is 0. The molecule has 1 heterocycles. The van der Waals surface area contributed by atoms with Crippen LogP contribution in [0.5, 0.6) is 5.75 Å². The quantitative estimate of drug-likeness (QED) is 0.778. The van der Waals surface area contributed by atoms with Crippen molar-refractivity contribution in [3.05, 3.63) is 6.33 Å². The van der Waals surface area contributed by atoms with Crippen LogP contribution in [0.2, 0.25) is 0 Å². The van der Waals surface area contributed by atoms with Gasteiger partial charge in [0.25, 0.3) is 0 Å². The Morgan fingerprint density at radius 1 is 1.43 bits per heavy atom. The molecular formula is C9H16N4O. The molecule has 0 saturated carbocycles. The van der Waals surface area contributed by atoms with E-state index < -0.39 is 0 Å². The molecule has 0 spiro atoms. The highest BCUT2D eigenvalue weighted by Gasteiger charge is 2.12. The summed E-state index contributed by atoms with van der Waals surface area (Å²) < 4.78 is 5.26. The van der Waals surface area contributed by atoms with Crippen LogP contribution in [0.4, 0.5) is 11.6 Å². The average molecular weight is 196 g/mol. The summed E-state index contributed by atoms with van der Waals surface area (Å²) in [5, 5.41) is 3.12. The van der Waals surface area contributed by atoms with Gasteiger partial charge in [-0.25, -0.2) is 9.97 Å². The first kappa shape index (κ1) is 10.6. The Bertz CT molecular complexity index is 301. The van der Waals surface area contributed by atoms with E-state index in [1.165, 1.54) is 6.33 Å². The second-order valence-electron chi connectivity index (χ2n) is 3.00. The lowest BCUT2D eigenvalue weighted by Crippen LogP contribution is -2.14. The van der Waals surface area contributed by atoms with Gasteiger partial charge in [-0.1, -0.05) is 0 Å². The van der Waals surface area contributed by atoms with Crippen molar-refractivity contribution in [1.82, 2.24) is 9.97 Å². The zero-order valence-corrected chi connectivity index (χ0v) is 9.03. The zero-order chi connectivity index (χ0) is 10.6. The first-order chi connectivity index (χ1) is 6.70. The van der Waals surface area contributed by atoms with Crippen LogP contribution in [0, 0.1) is 0 Å². The molecule has 0 aliphatic heterocycles. The lowest BCUT2D eigenvalue weighted by atomic mass is 10.4. The van der Waals surface area contributed by atoms with Gasteiger partial charge >= 0.3 is 0 Å². The monoisotopic (exact) mass is 196 g/mol. The van der Waals surface area contributed by atoms with Gasteiger partial charge in [-0.3, -0.25) is 0 Å². The standard InChI is InChI=1S/C9H16N4O/c1-5-10-8-7(14-4)9(13(2)3)12-6-11-8/h6H,5H2,1-4H3,(H,10,11,12). The van der Waals surface area contributed by atoms with Gasteiger partial charge in [0.2, 0.25) is 5.75 Å². The number of hydrogen-bond acceptors (Lipinski definition) is 5. The van der Waals surface area contributed by atoms with Crippen molar-refractivity contribution in [2.75, 3.05) is 38.0 Å². The molecule has 1 aromatic heterocycles. The second-order valence-corrected chi connectivity index (χ2v) is 3.00. The van der Waals surface area contributed by atoms with E-state index in [4.69, 9.17) is 4.74 Å². The molecule has 0 atom stereocenters. The van der Waals surface area contributed by atoms with Crippen molar-refractivity contribution in [3.8, 4) is 5.75 Å². The predicted molar refractivity (Wildman–Crippen MR) is 57.1 cm³/mol.